The van der Waals surface area contributed by atoms with Gasteiger partial charge >= 0.3 is 0 Å². The van der Waals surface area contributed by atoms with Gasteiger partial charge in [-0.05, 0) is 50.5 Å². The van der Waals surface area contributed by atoms with Gasteiger partial charge in [-0.3, -0.25) is 0 Å². The molecule has 0 aliphatic rings. The minimum Gasteiger partial charge on any atom is -0.207 e. The van der Waals surface area contributed by atoms with Crippen molar-refractivity contribution in [3.63, 3.8) is 0 Å². The smallest absolute Gasteiger partial charge is 0.207 e. The fourth-order valence-electron chi connectivity index (χ4n) is 1.46. The fraction of sp³-hybridized carbons (Fsp3) is 0.538. The normalized spacial score (nSPS) is 15.4. The number of alkyl halides is 1. The first kappa shape index (κ1) is 15.5. The van der Waals surface area contributed by atoms with Crippen LogP contribution in [0.25, 0.3) is 0 Å². The Bertz CT molecular complexity index is 522. The topological polar surface area (TPSA) is 46.2 Å². The van der Waals surface area contributed by atoms with Crippen LogP contribution in [0, 0.1) is 13.8 Å². The highest BCUT2D eigenvalue weighted by atomic mass is 35.5. The Morgan fingerprint density at radius 1 is 1.28 bits per heavy atom. The van der Waals surface area contributed by atoms with Crippen LogP contribution in [0.1, 0.15) is 31.4 Å². The molecule has 0 aromatic heterocycles. The van der Waals surface area contributed by atoms with E-state index in [1.54, 1.807) is 19.1 Å². The molecule has 1 unspecified atom stereocenters. The number of sulfonamides is 1. The maximum Gasteiger partial charge on any atom is 0.241 e. The Morgan fingerprint density at radius 3 is 2.33 bits per heavy atom. The maximum absolute atomic E-state index is 12.3. The third kappa shape index (κ3) is 3.46. The molecule has 5 heteroatoms. The molecule has 0 saturated carbocycles. The highest BCUT2D eigenvalue weighted by Crippen LogP contribution is 2.19. The fourth-order valence-corrected chi connectivity index (χ4v) is 3.36. The van der Waals surface area contributed by atoms with E-state index in [2.05, 4.69) is 4.72 Å². The second-order valence-corrected chi connectivity index (χ2v) is 6.85. The van der Waals surface area contributed by atoms with Gasteiger partial charge in [0.1, 0.15) is 0 Å². The maximum atomic E-state index is 12.3. The van der Waals surface area contributed by atoms with Crippen molar-refractivity contribution < 1.29 is 8.42 Å². The molecule has 0 spiro atoms. The summed E-state index contributed by atoms with van der Waals surface area (Å²) in [6.07, 6.45) is 0.639. The predicted octanol–water partition coefficient (Wildman–Crippen LogP) is 2.99. The summed E-state index contributed by atoms with van der Waals surface area (Å²) in [5, 5.41) is 0. The molecule has 0 bridgehead atoms. The number of aryl methyl sites for hydroxylation is 2. The van der Waals surface area contributed by atoms with Crippen LogP contribution in [0.5, 0.6) is 0 Å². The van der Waals surface area contributed by atoms with Gasteiger partial charge in [-0.15, -0.1) is 11.6 Å². The summed E-state index contributed by atoms with van der Waals surface area (Å²) in [6, 6.07) is 5.12. The zero-order chi connectivity index (χ0) is 14.0. The molecule has 102 valence electrons. The second kappa shape index (κ2) is 5.59. The molecule has 0 amide bonds. The predicted molar refractivity (Wildman–Crippen MR) is 75.7 cm³/mol. The summed E-state index contributed by atoms with van der Waals surface area (Å²) in [5.74, 6) is 0.244. The van der Waals surface area contributed by atoms with Gasteiger partial charge < -0.3 is 0 Å². The molecule has 0 aliphatic heterocycles. The number of rotatable bonds is 5. The average molecular weight is 290 g/mol. The minimum absolute atomic E-state index is 0.244. The zero-order valence-corrected chi connectivity index (χ0v) is 12.8. The van der Waals surface area contributed by atoms with Crippen LogP contribution < -0.4 is 4.72 Å². The van der Waals surface area contributed by atoms with Crippen molar-refractivity contribution in [1.29, 1.82) is 0 Å². The zero-order valence-electron chi connectivity index (χ0n) is 11.2. The van der Waals surface area contributed by atoms with Crippen molar-refractivity contribution in [3.05, 3.63) is 29.3 Å². The van der Waals surface area contributed by atoms with Gasteiger partial charge in [-0.1, -0.05) is 13.0 Å². The van der Waals surface area contributed by atoms with Gasteiger partial charge in [0.05, 0.1) is 4.90 Å². The number of hydrogen-bond donors (Lipinski definition) is 1. The van der Waals surface area contributed by atoms with E-state index in [0.29, 0.717) is 6.42 Å². The summed E-state index contributed by atoms with van der Waals surface area (Å²) < 4.78 is 27.2. The van der Waals surface area contributed by atoms with E-state index < -0.39 is 15.6 Å². The number of benzene rings is 1. The van der Waals surface area contributed by atoms with Gasteiger partial charge in [0.15, 0.2) is 0 Å². The highest BCUT2D eigenvalue weighted by Gasteiger charge is 2.28. The van der Waals surface area contributed by atoms with Crippen molar-refractivity contribution in [1.82, 2.24) is 4.72 Å². The van der Waals surface area contributed by atoms with Crippen LogP contribution in [-0.2, 0) is 10.0 Å². The molecule has 1 aromatic rings. The molecule has 0 heterocycles. The third-order valence-corrected chi connectivity index (χ3v) is 5.47. The first-order valence-corrected chi connectivity index (χ1v) is 7.93. The molecule has 1 rings (SSSR count). The number of nitrogens with one attached hydrogen (secondary N) is 1. The second-order valence-electron chi connectivity index (χ2n) is 4.90. The lowest BCUT2D eigenvalue weighted by Crippen LogP contribution is -2.46. The molecule has 0 aliphatic carbocycles. The lowest BCUT2D eigenvalue weighted by molar-refractivity contribution is 0.444. The molecular formula is C13H20ClNO2S. The van der Waals surface area contributed by atoms with Crippen molar-refractivity contribution in [2.75, 3.05) is 5.88 Å². The Kier molecular flexibility index (Phi) is 4.81. The van der Waals surface area contributed by atoms with Crippen LogP contribution in [0.15, 0.2) is 23.1 Å². The van der Waals surface area contributed by atoms with E-state index in [1.807, 2.05) is 26.8 Å². The van der Waals surface area contributed by atoms with E-state index in [9.17, 15) is 8.42 Å². The Labute approximate surface area is 115 Å². The number of hydrogen-bond acceptors (Lipinski definition) is 2. The highest BCUT2D eigenvalue weighted by molar-refractivity contribution is 7.89. The third-order valence-electron chi connectivity index (χ3n) is 3.24. The molecule has 1 aromatic carbocycles. The molecule has 0 saturated heterocycles. The number of halogens is 1. The molecular weight excluding hydrogens is 270 g/mol. The van der Waals surface area contributed by atoms with Crippen molar-refractivity contribution >= 4 is 21.6 Å². The molecule has 1 N–H and O–H groups in total. The van der Waals surface area contributed by atoms with Crippen LogP contribution in [-0.4, -0.2) is 19.8 Å². The quantitative estimate of drug-likeness (QED) is 0.847. The molecule has 1 atom stereocenters. The largest absolute Gasteiger partial charge is 0.241 e. The Morgan fingerprint density at radius 2 is 1.89 bits per heavy atom. The molecule has 0 fully saturated rings. The van der Waals surface area contributed by atoms with Crippen LogP contribution >= 0.6 is 11.6 Å². The van der Waals surface area contributed by atoms with Crippen LogP contribution in [0.2, 0.25) is 0 Å². The summed E-state index contributed by atoms with van der Waals surface area (Å²) in [5.41, 5.74) is 1.42. The summed E-state index contributed by atoms with van der Waals surface area (Å²) in [7, 11) is -3.52. The van der Waals surface area contributed by atoms with Gasteiger partial charge in [-0.2, -0.15) is 0 Å². The monoisotopic (exact) mass is 289 g/mol. The standard InChI is InChI=1S/C13H20ClNO2S/c1-5-13(4,9-14)15-18(16,17)12-7-6-10(2)11(3)8-12/h6-8,15H,5,9H2,1-4H3. The SMILES string of the molecule is CCC(C)(CCl)NS(=O)(=O)c1ccc(C)c(C)c1. The lowest BCUT2D eigenvalue weighted by Gasteiger charge is -2.26. The van der Waals surface area contributed by atoms with Crippen LogP contribution in [0.4, 0.5) is 0 Å². The van der Waals surface area contributed by atoms with Gasteiger partial charge in [0, 0.05) is 11.4 Å². The summed E-state index contributed by atoms with van der Waals surface area (Å²) in [4.78, 5) is 0.287. The summed E-state index contributed by atoms with van der Waals surface area (Å²) in [6.45, 7) is 7.56. The summed E-state index contributed by atoms with van der Waals surface area (Å²) >= 11 is 5.83. The van der Waals surface area contributed by atoms with Gasteiger partial charge in [-0.25, -0.2) is 13.1 Å². The van der Waals surface area contributed by atoms with E-state index in [4.69, 9.17) is 11.6 Å². The lowest BCUT2D eigenvalue weighted by atomic mass is 10.0. The molecule has 3 nitrogen and oxygen atoms in total. The van der Waals surface area contributed by atoms with E-state index in [1.165, 1.54) is 0 Å². The first-order chi connectivity index (χ1) is 8.24. The van der Waals surface area contributed by atoms with Gasteiger partial charge in [0.2, 0.25) is 10.0 Å². The average Bonchev–Trinajstić information content (AvgIpc) is 2.32. The van der Waals surface area contributed by atoms with E-state index in [0.717, 1.165) is 11.1 Å². The molecule has 18 heavy (non-hydrogen) atoms. The van der Waals surface area contributed by atoms with E-state index in [-0.39, 0.29) is 10.8 Å². The van der Waals surface area contributed by atoms with Crippen molar-refractivity contribution in [3.8, 4) is 0 Å². The molecule has 0 radical (unpaired) electrons. The first-order valence-electron chi connectivity index (χ1n) is 5.91. The Balaban J connectivity index is 3.10. The van der Waals surface area contributed by atoms with Crippen LogP contribution in [0.3, 0.4) is 0 Å². The minimum atomic E-state index is -3.52. The van der Waals surface area contributed by atoms with Crippen molar-refractivity contribution in [2.45, 2.75) is 44.6 Å². The van der Waals surface area contributed by atoms with E-state index >= 15 is 0 Å². The Hall–Kier alpha value is -0.580. The van der Waals surface area contributed by atoms with Crippen molar-refractivity contribution in [2.24, 2.45) is 0 Å². The van der Waals surface area contributed by atoms with Gasteiger partial charge in [0.25, 0.3) is 0 Å².